The fourth-order valence-electron chi connectivity index (χ4n) is 1.50. The van der Waals surface area contributed by atoms with Crippen LogP contribution >= 0.6 is 0 Å². The van der Waals surface area contributed by atoms with Gasteiger partial charge >= 0.3 is 0 Å². The second-order valence-electron chi connectivity index (χ2n) is 4.07. The summed E-state index contributed by atoms with van der Waals surface area (Å²) in [7, 11) is 1.99. The van der Waals surface area contributed by atoms with Crippen molar-refractivity contribution in [3.63, 3.8) is 0 Å². The second kappa shape index (κ2) is 5.03. The van der Waals surface area contributed by atoms with Gasteiger partial charge in [-0.2, -0.15) is 0 Å². The van der Waals surface area contributed by atoms with Gasteiger partial charge in [0.15, 0.2) is 0 Å². The molecule has 0 radical (unpaired) electrons. The van der Waals surface area contributed by atoms with Gasteiger partial charge < -0.3 is 15.7 Å². The van der Waals surface area contributed by atoms with Crippen LogP contribution in [0.1, 0.15) is 18.9 Å². The molecule has 3 heteroatoms. The largest absolute Gasteiger partial charge is 0.397 e. The smallest absolute Gasteiger partial charge is 0.0600 e. The lowest BCUT2D eigenvalue weighted by Crippen LogP contribution is -2.22. The van der Waals surface area contributed by atoms with E-state index >= 15 is 0 Å². The SMILES string of the molecule is Cc1cccc(N(C)CCC(C)O)c1N. The molecule has 1 rings (SSSR count). The molecular weight excluding hydrogens is 188 g/mol. The number of aryl methyl sites for hydroxylation is 1. The Morgan fingerprint density at radius 3 is 2.73 bits per heavy atom. The Bertz CT molecular complexity index is 323. The molecule has 1 atom stereocenters. The molecule has 0 fully saturated rings. The van der Waals surface area contributed by atoms with Gasteiger partial charge in [-0.1, -0.05) is 12.1 Å². The first kappa shape index (κ1) is 11.9. The molecule has 0 aliphatic rings. The normalized spacial score (nSPS) is 12.5. The fourth-order valence-corrected chi connectivity index (χ4v) is 1.50. The van der Waals surface area contributed by atoms with E-state index in [1.165, 1.54) is 0 Å². The van der Waals surface area contributed by atoms with E-state index in [2.05, 4.69) is 4.90 Å². The summed E-state index contributed by atoms with van der Waals surface area (Å²) < 4.78 is 0. The maximum absolute atomic E-state index is 9.21. The fraction of sp³-hybridized carbons (Fsp3) is 0.500. The highest BCUT2D eigenvalue weighted by molar-refractivity contribution is 5.70. The summed E-state index contributed by atoms with van der Waals surface area (Å²) in [5.74, 6) is 0. The lowest BCUT2D eigenvalue weighted by atomic mass is 10.1. The number of benzene rings is 1. The van der Waals surface area contributed by atoms with Crippen LogP contribution in [0.25, 0.3) is 0 Å². The number of aliphatic hydroxyl groups excluding tert-OH is 1. The molecule has 0 saturated heterocycles. The standard InChI is InChI=1S/C12H20N2O/c1-9-5-4-6-11(12(9)13)14(3)8-7-10(2)15/h4-6,10,15H,7-8,13H2,1-3H3. The van der Waals surface area contributed by atoms with E-state index in [0.717, 1.165) is 29.9 Å². The van der Waals surface area contributed by atoms with E-state index in [9.17, 15) is 5.11 Å². The summed E-state index contributed by atoms with van der Waals surface area (Å²) in [5.41, 5.74) is 8.94. The third-order valence-electron chi connectivity index (χ3n) is 2.59. The Morgan fingerprint density at radius 2 is 2.13 bits per heavy atom. The van der Waals surface area contributed by atoms with Crippen molar-refractivity contribution in [2.45, 2.75) is 26.4 Å². The van der Waals surface area contributed by atoms with Crippen molar-refractivity contribution in [1.29, 1.82) is 0 Å². The van der Waals surface area contributed by atoms with Gasteiger partial charge in [-0.05, 0) is 31.9 Å². The van der Waals surface area contributed by atoms with Crippen LogP contribution in [0.2, 0.25) is 0 Å². The van der Waals surface area contributed by atoms with E-state index in [-0.39, 0.29) is 6.10 Å². The van der Waals surface area contributed by atoms with Crippen LogP contribution in [0.3, 0.4) is 0 Å². The monoisotopic (exact) mass is 208 g/mol. The molecule has 0 aliphatic heterocycles. The van der Waals surface area contributed by atoms with Crippen LogP contribution in [-0.4, -0.2) is 24.8 Å². The molecule has 1 aromatic carbocycles. The lowest BCUT2D eigenvalue weighted by Gasteiger charge is -2.22. The zero-order chi connectivity index (χ0) is 11.4. The van der Waals surface area contributed by atoms with Gasteiger partial charge in [-0.25, -0.2) is 0 Å². The third kappa shape index (κ3) is 3.13. The van der Waals surface area contributed by atoms with Gasteiger partial charge in [-0.15, -0.1) is 0 Å². The van der Waals surface area contributed by atoms with Crippen LogP contribution in [0, 0.1) is 6.92 Å². The van der Waals surface area contributed by atoms with Crippen molar-refractivity contribution in [3.05, 3.63) is 23.8 Å². The summed E-state index contributed by atoms with van der Waals surface area (Å²) >= 11 is 0. The predicted molar refractivity (Wildman–Crippen MR) is 65.2 cm³/mol. The van der Waals surface area contributed by atoms with Crippen molar-refractivity contribution in [1.82, 2.24) is 0 Å². The molecule has 0 bridgehead atoms. The first-order valence-corrected chi connectivity index (χ1v) is 5.26. The second-order valence-corrected chi connectivity index (χ2v) is 4.07. The Balaban J connectivity index is 2.73. The van der Waals surface area contributed by atoms with Crippen LogP contribution in [0.5, 0.6) is 0 Å². The molecule has 0 saturated carbocycles. The molecule has 0 aromatic heterocycles. The summed E-state index contributed by atoms with van der Waals surface area (Å²) in [6, 6.07) is 6.01. The number of anilines is 2. The summed E-state index contributed by atoms with van der Waals surface area (Å²) in [6.45, 7) is 4.61. The summed E-state index contributed by atoms with van der Waals surface area (Å²) in [6.07, 6.45) is 0.489. The predicted octanol–water partition coefficient (Wildman–Crippen LogP) is 1.78. The molecule has 0 aliphatic carbocycles. The molecule has 15 heavy (non-hydrogen) atoms. The molecule has 3 N–H and O–H groups in total. The molecule has 84 valence electrons. The van der Waals surface area contributed by atoms with Gasteiger partial charge in [0, 0.05) is 13.6 Å². The highest BCUT2D eigenvalue weighted by Crippen LogP contribution is 2.25. The van der Waals surface area contributed by atoms with Gasteiger partial charge in [0.1, 0.15) is 0 Å². The first-order chi connectivity index (χ1) is 7.02. The molecular formula is C12H20N2O. The zero-order valence-electron chi connectivity index (χ0n) is 9.70. The minimum absolute atomic E-state index is 0.265. The average molecular weight is 208 g/mol. The van der Waals surface area contributed by atoms with E-state index in [0.29, 0.717) is 0 Å². The zero-order valence-corrected chi connectivity index (χ0v) is 9.70. The molecule has 0 heterocycles. The van der Waals surface area contributed by atoms with Crippen LogP contribution < -0.4 is 10.6 Å². The topological polar surface area (TPSA) is 49.5 Å². The van der Waals surface area contributed by atoms with E-state index in [4.69, 9.17) is 5.73 Å². The average Bonchev–Trinajstić information content (AvgIpc) is 2.18. The number of nitrogen functional groups attached to an aromatic ring is 1. The minimum atomic E-state index is -0.265. The summed E-state index contributed by atoms with van der Waals surface area (Å²) in [5, 5.41) is 9.21. The molecule has 1 unspecified atom stereocenters. The van der Waals surface area contributed by atoms with Crippen molar-refractivity contribution in [3.8, 4) is 0 Å². The quantitative estimate of drug-likeness (QED) is 0.742. The number of nitrogens with two attached hydrogens (primary N) is 1. The van der Waals surface area contributed by atoms with Gasteiger partial charge in [0.2, 0.25) is 0 Å². The number of hydrogen-bond donors (Lipinski definition) is 2. The van der Waals surface area contributed by atoms with Crippen LogP contribution in [-0.2, 0) is 0 Å². The molecule has 0 spiro atoms. The van der Waals surface area contributed by atoms with Crippen molar-refractivity contribution in [2.24, 2.45) is 0 Å². The molecule has 1 aromatic rings. The number of para-hydroxylation sites is 1. The van der Waals surface area contributed by atoms with Gasteiger partial charge in [0.25, 0.3) is 0 Å². The summed E-state index contributed by atoms with van der Waals surface area (Å²) in [4.78, 5) is 2.08. The molecule has 3 nitrogen and oxygen atoms in total. The Labute approximate surface area is 91.5 Å². The maximum Gasteiger partial charge on any atom is 0.0600 e. The van der Waals surface area contributed by atoms with Crippen molar-refractivity contribution < 1.29 is 5.11 Å². The van der Waals surface area contributed by atoms with Crippen LogP contribution in [0.4, 0.5) is 11.4 Å². The van der Waals surface area contributed by atoms with Crippen molar-refractivity contribution in [2.75, 3.05) is 24.2 Å². The van der Waals surface area contributed by atoms with E-state index < -0.39 is 0 Å². The third-order valence-corrected chi connectivity index (χ3v) is 2.59. The number of rotatable bonds is 4. The lowest BCUT2D eigenvalue weighted by molar-refractivity contribution is 0.187. The Hall–Kier alpha value is -1.22. The first-order valence-electron chi connectivity index (χ1n) is 5.26. The Kier molecular flexibility index (Phi) is 3.97. The minimum Gasteiger partial charge on any atom is -0.397 e. The van der Waals surface area contributed by atoms with Crippen molar-refractivity contribution >= 4 is 11.4 Å². The molecule has 0 amide bonds. The maximum atomic E-state index is 9.21. The van der Waals surface area contributed by atoms with Crippen LogP contribution in [0.15, 0.2) is 18.2 Å². The van der Waals surface area contributed by atoms with Gasteiger partial charge in [-0.3, -0.25) is 0 Å². The Morgan fingerprint density at radius 1 is 1.47 bits per heavy atom. The number of nitrogens with zero attached hydrogens (tertiary/aromatic N) is 1. The van der Waals surface area contributed by atoms with Gasteiger partial charge in [0.05, 0.1) is 17.5 Å². The van der Waals surface area contributed by atoms with E-state index in [1.54, 1.807) is 6.92 Å². The van der Waals surface area contributed by atoms with E-state index in [1.807, 2.05) is 32.2 Å². The highest BCUT2D eigenvalue weighted by atomic mass is 16.3. The number of aliphatic hydroxyl groups is 1. The number of hydrogen-bond acceptors (Lipinski definition) is 3. The highest BCUT2D eigenvalue weighted by Gasteiger charge is 2.07.